The number of halogens is 1. The van der Waals surface area contributed by atoms with Crippen LogP contribution in [0, 0.1) is 6.92 Å². The normalized spacial score (nSPS) is 11.7. The molecule has 2 aromatic carbocycles. The van der Waals surface area contributed by atoms with Gasteiger partial charge in [0.15, 0.2) is 0 Å². The fourth-order valence-corrected chi connectivity index (χ4v) is 2.25. The molecule has 114 valence electrons. The highest BCUT2D eigenvalue weighted by Crippen LogP contribution is 2.12. The van der Waals surface area contributed by atoms with Crippen molar-refractivity contribution < 1.29 is 9.59 Å². The lowest BCUT2D eigenvalue weighted by Crippen LogP contribution is -2.45. The molecular formula is C17H17ClN2O2. The fraction of sp³-hybridized carbons (Fsp3) is 0.176. The lowest BCUT2D eigenvalue weighted by atomic mass is 10.0. The van der Waals surface area contributed by atoms with E-state index in [9.17, 15) is 9.59 Å². The van der Waals surface area contributed by atoms with Crippen LogP contribution in [-0.2, 0) is 11.2 Å². The van der Waals surface area contributed by atoms with E-state index in [2.05, 4.69) is 5.32 Å². The third-order valence-corrected chi connectivity index (χ3v) is 3.69. The highest BCUT2D eigenvalue weighted by atomic mass is 35.5. The molecule has 0 saturated heterocycles. The Bertz CT molecular complexity index is 683. The number of benzene rings is 2. The zero-order valence-electron chi connectivity index (χ0n) is 12.2. The van der Waals surface area contributed by atoms with Gasteiger partial charge in [0, 0.05) is 17.0 Å². The quantitative estimate of drug-likeness (QED) is 0.889. The summed E-state index contributed by atoms with van der Waals surface area (Å²) in [5.74, 6) is -0.917. The van der Waals surface area contributed by atoms with Gasteiger partial charge >= 0.3 is 0 Å². The van der Waals surface area contributed by atoms with Crippen molar-refractivity contribution in [1.82, 2.24) is 5.32 Å². The first kappa shape index (κ1) is 16.0. The van der Waals surface area contributed by atoms with Gasteiger partial charge in [-0.3, -0.25) is 9.59 Å². The molecule has 0 aliphatic rings. The van der Waals surface area contributed by atoms with E-state index >= 15 is 0 Å². The summed E-state index contributed by atoms with van der Waals surface area (Å²) in [6, 6.07) is 13.4. The molecule has 0 aliphatic carbocycles. The van der Waals surface area contributed by atoms with Crippen LogP contribution in [0.3, 0.4) is 0 Å². The van der Waals surface area contributed by atoms with Crippen LogP contribution in [0.1, 0.15) is 21.5 Å². The Balaban J connectivity index is 2.12. The highest BCUT2D eigenvalue weighted by Gasteiger charge is 2.20. The molecule has 3 N–H and O–H groups in total. The molecule has 0 fully saturated rings. The Kier molecular flexibility index (Phi) is 5.17. The third-order valence-electron chi connectivity index (χ3n) is 3.44. The van der Waals surface area contributed by atoms with Gasteiger partial charge in [0.2, 0.25) is 5.91 Å². The molecule has 4 nitrogen and oxygen atoms in total. The van der Waals surface area contributed by atoms with Crippen molar-refractivity contribution in [1.29, 1.82) is 0 Å². The first-order valence-electron chi connectivity index (χ1n) is 6.87. The Hall–Kier alpha value is -2.33. The first-order valence-corrected chi connectivity index (χ1v) is 7.25. The van der Waals surface area contributed by atoms with Crippen molar-refractivity contribution in [3.05, 3.63) is 70.2 Å². The van der Waals surface area contributed by atoms with E-state index in [0.29, 0.717) is 17.0 Å². The van der Waals surface area contributed by atoms with Crippen molar-refractivity contribution >= 4 is 23.4 Å². The first-order chi connectivity index (χ1) is 10.5. The molecule has 0 saturated carbocycles. The maximum absolute atomic E-state index is 12.2. The number of nitrogens with one attached hydrogen (secondary N) is 1. The molecule has 1 atom stereocenters. The van der Waals surface area contributed by atoms with Crippen molar-refractivity contribution in [2.45, 2.75) is 19.4 Å². The molecule has 22 heavy (non-hydrogen) atoms. The summed E-state index contributed by atoms with van der Waals surface area (Å²) in [6.45, 7) is 1.95. The van der Waals surface area contributed by atoms with Crippen molar-refractivity contribution in [2.75, 3.05) is 0 Å². The molecule has 0 spiro atoms. The number of hydrogen-bond donors (Lipinski definition) is 2. The summed E-state index contributed by atoms with van der Waals surface area (Å²) in [5.41, 5.74) is 7.87. The molecular weight excluding hydrogens is 300 g/mol. The second-order valence-corrected chi connectivity index (χ2v) is 5.50. The topological polar surface area (TPSA) is 72.2 Å². The van der Waals surface area contributed by atoms with E-state index in [-0.39, 0.29) is 5.91 Å². The number of carbonyl (C=O) groups excluding carboxylic acids is 2. The molecule has 0 unspecified atom stereocenters. The summed E-state index contributed by atoms with van der Waals surface area (Å²) in [6.07, 6.45) is 0.362. The van der Waals surface area contributed by atoms with E-state index in [1.54, 1.807) is 24.3 Å². The van der Waals surface area contributed by atoms with Gasteiger partial charge in [0.25, 0.3) is 5.91 Å². The zero-order chi connectivity index (χ0) is 16.1. The van der Waals surface area contributed by atoms with Gasteiger partial charge in [-0.2, -0.15) is 0 Å². The Morgan fingerprint density at radius 2 is 1.77 bits per heavy atom. The number of nitrogens with two attached hydrogens (primary N) is 1. The maximum Gasteiger partial charge on any atom is 0.251 e. The van der Waals surface area contributed by atoms with Gasteiger partial charge in [-0.25, -0.2) is 0 Å². The largest absolute Gasteiger partial charge is 0.368 e. The Morgan fingerprint density at radius 1 is 1.14 bits per heavy atom. The summed E-state index contributed by atoms with van der Waals surface area (Å²) >= 11 is 5.79. The van der Waals surface area contributed by atoms with Crippen LogP contribution in [0.25, 0.3) is 0 Å². The lowest BCUT2D eigenvalue weighted by molar-refractivity contribution is -0.119. The predicted molar refractivity (Wildman–Crippen MR) is 86.8 cm³/mol. The fourth-order valence-electron chi connectivity index (χ4n) is 2.12. The minimum Gasteiger partial charge on any atom is -0.368 e. The molecule has 0 aliphatic heterocycles. The second kappa shape index (κ2) is 7.09. The molecule has 2 aromatic rings. The van der Waals surface area contributed by atoms with E-state index in [0.717, 1.165) is 11.1 Å². The summed E-state index contributed by atoms with van der Waals surface area (Å²) in [7, 11) is 0. The van der Waals surface area contributed by atoms with Crippen LogP contribution in [0.5, 0.6) is 0 Å². The molecule has 0 bridgehead atoms. The lowest BCUT2D eigenvalue weighted by Gasteiger charge is -2.17. The van der Waals surface area contributed by atoms with E-state index in [1.165, 1.54) is 0 Å². The summed E-state index contributed by atoms with van der Waals surface area (Å²) in [4.78, 5) is 23.8. The van der Waals surface area contributed by atoms with Crippen molar-refractivity contribution in [3.63, 3.8) is 0 Å². The Morgan fingerprint density at radius 3 is 2.36 bits per heavy atom. The van der Waals surface area contributed by atoms with E-state index < -0.39 is 11.9 Å². The summed E-state index contributed by atoms with van der Waals surface area (Å²) < 4.78 is 0. The third kappa shape index (κ3) is 4.09. The smallest absolute Gasteiger partial charge is 0.251 e. The Labute approximate surface area is 134 Å². The number of rotatable bonds is 5. The number of amides is 2. The predicted octanol–water partition coefficient (Wildman–Crippen LogP) is 2.47. The monoisotopic (exact) mass is 316 g/mol. The van der Waals surface area contributed by atoms with Gasteiger partial charge in [-0.05, 0) is 42.3 Å². The molecule has 0 aromatic heterocycles. The van der Waals surface area contributed by atoms with Crippen molar-refractivity contribution in [3.8, 4) is 0 Å². The van der Waals surface area contributed by atoms with E-state index in [1.807, 2.05) is 31.2 Å². The second-order valence-electron chi connectivity index (χ2n) is 5.07. The SMILES string of the molecule is Cc1ccccc1C[C@@H](NC(=O)c1ccc(Cl)cc1)C(N)=O. The zero-order valence-corrected chi connectivity index (χ0v) is 12.9. The number of aryl methyl sites for hydroxylation is 1. The van der Waals surface area contributed by atoms with Crippen LogP contribution in [0.15, 0.2) is 48.5 Å². The average Bonchev–Trinajstić information content (AvgIpc) is 2.49. The molecule has 0 heterocycles. The van der Waals surface area contributed by atoms with Gasteiger partial charge in [-0.15, -0.1) is 0 Å². The van der Waals surface area contributed by atoms with Crippen LogP contribution < -0.4 is 11.1 Å². The van der Waals surface area contributed by atoms with Crippen LogP contribution >= 0.6 is 11.6 Å². The van der Waals surface area contributed by atoms with E-state index in [4.69, 9.17) is 17.3 Å². The van der Waals surface area contributed by atoms with Crippen molar-refractivity contribution in [2.24, 2.45) is 5.73 Å². The molecule has 2 rings (SSSR count). The van der Waals surface area contributed by atoms with Gasteiger partial charge < -0.3 is 11.1 Å². The molecule has 2 amide bonds. The number of carbonyl (C=O) groups is 2. The van der Waals surface area contributed by atoms with Gasteiger partial charge in [-0.1, -0.05) is 35.9 Å². The number of hydrogen-bond acceptors (Lipinski definition) is 2. The van der Waals surface area contributed by atoms with Gasteiger partial charge in [0.05, 0.1) is 0 Å². The molecule has 5 heteroatoms. The molecule has 0 radical (unpaired) electrons. The van der Waals surface area contributed by atoms with Crippen LogP contribution in [0.4, 0.5) is 0 Å². The highest BCUT2D eigenvalue weighted by molar-refractivity contribution is 6.30. The average molecular weight is 317 g/mol. The maximum atomic E-state index is 12.2. The minimum atomic E-state index is -0.760. The van der Waals surface area contributed by atoms with Gasteiger partial charge in [0.1, 0.15) is 6.04 Å². The standard InChI is InChI=1S/C17H17ClN2O2/c1-11-4-2-3-5-13(11)10-15(16(19)21)20-17(22)12-6-8-14(18)9-7-12/h2-9,15H,10H2,1H3,(H2,19,21)(H,20,22)/t15-/m1/s1. The van der Waals surface area contributed by atoms with Crippen LogP contribution in [-0.4, -0.2) is 17.9 Å². The minimum absolute atomic E-state index is 0.353. The summed E-state index contributed by atoms with van der Waals surface area (Å²) in [5, 5.41) is 3.22. The van der Waals surface area contributed by atoms with Crippen LogP contribution in [0.2, 0.25) is 5.02 Å². The number of primary amides is 1.